The largest absolute Gasteiger partial charge is 0.416 e. The first-order valence-corrected chi connectivity index (χ1v) is 6.66. The fourth-order valence-corrected chi connectivity index (χ4v) is 2.14. The molecule has 1 heterocycles. The van der Waals surface area contributed by atoms with Crippen LogP contribution in [-0.2, 0) is 18.6 Å². The Morgan fingerprint density at radius 3 is 2.60 bits per heavy atom. The molecule has 0 aliphatic heterocycles. The summed E-state index contributed by atoms with van der Waals surface area (Å²) in [6.07, 6.45) is -3.56. The van der Waals surface area contributed by atoms with Gasteiger partial charge in [0.15, 0.2) is 5.82 Å². The zero-order valence-electron chi connectivity index (χ0n) is 10.8. The Labute approximate surface area is 119 Å². The molecule has 1 aromatic heterocycles. The first kappa shape index (κ1) is 14.8. The lowest BCUT2D eigenvalue weighted by Crippen LogP contribution is -2.07. The fourth-order valence-electron chi connectivity index (χ4n) is 1.94. The molecule has 0 saturated carbocycles. The van der Waals surface area contributed by atoms with Gasteiger partial charge in [0.25, 0.3) is 0 Å². The van der Waals surface area contributed by atoms with Gasteiger partial charge in [0, 0.05) is 12.1 Å². The normalized spacial score (nSPS) is 11.8. The highest BCUT2D eigenvalue weighted by Crippen LogP contribution is 2.32. The number of benzene rings is 1. The van der Waals surface area contributed by atoms with Crippen LogP contribution in [0, 0.1) is 0 Å². The minimum Gasteiger partial charge on any atom is -0.310 e. The Kier molecular flexibility index (Phi) is 4.32. The topological polar surface area (TPSA) is 30.7 Å². The number of hydrogen-bond donors (Lipinski definition) is 0. The van der Waals surface area contributed by atoms with Crippen LogP contribution in [0.2, 0.25) is 0 Å². The maximum Gasteiger partial charge on any atom is 0.416 e. The van der Waals surface area contributed by atoms with Gasteiger partial charge in [-0.05, 0) is 18.6 Å². The zero-order valence-corrected chi connectivity index (χ0v) is 11.5. The summed E-state index contributed by atoms with van der Waals surface area (Å²) in [4.78, 5) is 0. The van der Waals surface area contributed by atoms with Crippen LogP contribution < -0.4 is 0 Å². The molecule has 2 rings (SSSR count). The molecule has 1 aromatic carbocycles. The van der Waals surface area contributed by atoms with E-state index < -0.39 is 11.7 Å². The Morgan fingerprint density at radius 1 is 1.25 bits per heavy atom. The summed E-state index contributed by atoms with van der Waals surface area (Å²) >= 11 is 5.77. The summed E-state index contributed by atoms with van der Waals surface area (Å²) in [6, 6.07) is 5.06. The highest BCUT2D eigenvalue weighted by Gasteiger charge is 2.30. The first-order valence-electron chi connectivity index (χ1n) is 6.13. The lowest BCUT2D eigenvalue weighted by atomic mass is 10.1. The van der Waals surface area contributed by atoms with Crippen molar-refractivity contribution in [1.29, 1.82) is 0 Å². The van der Waals surface area contributed by atoms with Gasteiger partial charge in [-0.25, -0.2) is 0 Å². The van der Waals surface area contributed by atoms with Crippen molar-refractivity contribution < 1.29 is 13.2 Å². The third-order valence-corrected chi connectivity index (χ3v) is 3.08. The van der Waals surface area contributed by atoms with Crippen LogP contribution >= 0.6 is 11.6 Å². The van der Waals surface area contributed by atoms with Crippen LogP contribution in [0.4, 0.5) is 13.2 Å². The van der Waals surface area contributed by atoms with Crippen LogP contribution in [0.1, 0.15) is 24.7 Å². The summed E-state index contributed by atoms with van der Waals surface area (Å²) in [6.45, 7) is 2.58. The molecule has 0 N–H and O–H groups in total. The van der Waals surface area contributed by atoms with Crippen molar-refractivity contribution in [2.24, 2.45) is 0 Å². The molecule has 0 saturated heterocycles. The van der Waals surface area contributed by atoms with Crippen LogP contribution in [0.15, 0.2) is 24.3 Å². The Morgan fingerprint density at radius 2 is 2.00 bits per heavy atom. The summed E-state index contributed by atoms with van der Waals surface area (Å²) in [7, 11) is 0. The second-order valence-corrected chi connectivity index (χ2v) is 4.57. The van der Waals surface area contributed by atoms with E-state index in [2.05, 4.69) is 10.2 Å². The molecule has 0 radical (unpaired) electrons. The molecule has 0 aliphatic rings. The van der Waals surface area contributed by atoms with E-state index in [4.69, 9.17) is 11.6 Å². The number of hydrogen-bond acceptors (Lipinski definition) is 2. The van der Waals surface area contributed by atoms with Gasteiger partial charge in [0.05, 0.1) is 11.4 Å². The van der Waals surface area contributed by atoms with Gasteiger partial charge >= 0.3 is 6.18 Å². The minimum absolute atomic E-state index is 0.173. The average molecular weight is 304 g/mol. The number of alkyl halides is 4. The van der Waals surface area contributed by atoms with E-state index >= 15 is 0 Å². The molecular weight excluding hydrogens is 291 g/mol. The van der Waals surface area contributed by atoms with E-state index in [-0.39, 0.29) is 5.88 Å². The number of rotatable bonds is 4. The minimum atomic E-state index is -4.37. The summed E-state index contributed by atoms with van der Waals surface area (Å²) in [5.74, 6) is 1.14. The van der Waals surface area contributed by atoms with Gasteiger partial charge in [-0.1, -0.05) is 19.1 Å². The highest BCUT2D eigenvalue weighted by molar-refractivity contribution is 6.16. The third-order valence-electron chi connectivity index (χ3n) is 2.84. The van der Waals surface area contributed by atoms with Crippen molar-refractivity contribution in [1.82, 2.24) is 14.8 Å². The Balaban J connectivity index is 2.49. The quantitative estimate of drug-likeness (QED) is 0.796. The standard InChI is InChI=1S/C13H13ClF3N3/c1-2-6-20-11(8-14)18-19-12(20)9-4-3-5-10(7-9)13(15,16)17/h3-5,7H,2,6,8H2,1H3. The second-order valence-electron chi connectivity index (χ2n) is 4.30. The van der Waals surface area contributed by atoms with Crippen molar-refractivity contribution in [3.8, 4) is 11.4 Å². The number of aromatic nitrogens is 3. The van der Waals surface area contributed by atoms with Crippen LogP contribution in [-0.4, -0.2) is 14.8 Å². The van der Waals surface area contributed by atoms with Crippen LogP contribution in [0.25, 0.3) is 11.4 Å². The lowest BCUT2D eigenvalue weighted by molar-refractivity contribution is -0.137. The molecule has 0 amide bonds. The predicted molar refractivity (Wildman–Crippen MR) is 70.3 cm³/mol. The Hall–Kier alpha value is -1.56. The molecule has 20 heavy (non-hydrogen) atoms. The monoisotopic (exact) mass is 303 g/mol. The lowest BCUT2D eigenvalue weighted by Gasteiger charge is -2.10. The molecule has 0 aliphatic carbocycles. The highest BCUT2D eigenvalue weighted by atomic mass is 35.5. The van der Waals surface area contributed by atoms with Gasteiger partial charge < -0.3 is 4.57 Å². The maximum atomic E-state index is 12.7. The van der Waals surface area contributed by atoms with Gasteiger partial charge in [0.1, 0.15) is 5.82 Å². The smallest absolute Gasteiger partial charge is 0.310 e. The van der Waals surface area contributed by atoms with Gasteiger partial charge in [0.2, 0.25) is 0 Å². The van der Waals surface area contributed by atoms with Gasteiger partial charge in [-0.3, -0.25) is 0 Å². The van der Waals surface area contributed by atoms with Crippen molar-refractivity contribution >= 4 is 11.6 Å². The van der Waals surface area contributed by atoms with Gasteiger partial charge in [-0.15, -0.1) is 21.8 Å². The van der Waals surface area contributed by atoms with E-state index in [9.17, 15) is 13.2 Å². The first-order chi connectivity index (χ1) is 9.47. The predicted octanol–water partition coefficient (Wildman–Crippen LogP) is 4.11. The van der Waals surface area contributed by atoms with E-state index in [1.165, 1.54) is 6.07 Å². The molecule has 0 unspecified atom stereocenters. The maximum absolute atomic E-state index is 12.7. The van der Waals surface area contributed by atoms with Crippen molar-refractivity contribution in [3.63, 3.8) is 0 Å². The summed E-state index contributed by atoms with van der Waals surface area (Å²) in [5.41, 5.74) is -0.314. The van der Waals surface area contributed by atoms with E-state index in [0.717, 1.165) is 18.6 Å². The summed E-state index contributed by atoms with van der Waals surface area (Å²) in [5, 5.41) is 7.88. The molecule has 3 nitrogen and oxygen atoms in total. The van der Waals surface area contributed by atoms with Crippen LogP contribution in [0.5, 0.6) is 0 Å². The molecule has 2 aromatic rings. The molecule has 108 valence electrons. The molecule has 0 fully saturated rings. The average Bonchev–Trinajstić information content (AvgIpc) is 2.81. The molecule has 7 heteroatoms. The summed E-state index contributed by atoms with van der Waals surface area (Å²) < 4.78 is 40.0. The number of nitrogens with zero attached hydrogens (tertiary/aromatic N) is 3. The van der Waals surface area contributed by atoms with Crippen LogP contribution in [0.3, 0.4) is 0 Å². The fraction of sp³-hybridized carbons (Fsp3) is 0.385. The third kappa shape index (κ3) is 2.95. The SMILES string of the molecule is CCCn1c(CCl)nnc1-c1cccc(C(F)(F)F)c1. The van der Waals surface area contributed by atoms with E-state index in [0.29, 0.717) is 23.8 Å². The second kappa shape index (κ2) is 5.83. The van der Waals surface area contributed by atoms with E-state index in [1.54, 1.807) is 10.6 Å². The molecule has 0 atom stereocenters. The van der Waals surface area contributed by atoms with Gasteiger partial charge in [-0.2, -0.15) is 13.2 Å². The van der Waals surface area contributed by atoms with E-state index in [1.807, 2.05) is 6.92 Å². The molecule has 0 spiro atoms. The van der Waals surface area contributed by atoms with Crippen molar-refractivity contribution in [2.75, 3.05) is 0 Å². The zero-order chi connectivity index (χ0) is 14.8. The van der Waals surface area contributed by atoms with Crippen molar-refractivity contribution in [2.45, 2.75) is 31.9 Å². The van der Waals surface area contributed by atoms with Crippen molar-refractivity contribution in [3.05, 3.63) is 35.7 Å². The number of halogens is 4. The Bertz CT molecular complexity index is 593. The molecule has 0 bridgehead atoms. The molecular formula is C13H13ClF3N3.